The molecule has 0 aliphatic carbocycles. The SMILES string of the molecule is CC(C)CN(CCC#N)c1ncc(/C=C/C(=O)O)cn1. The largest absolute Gasteiger partial charge is 0.478 e. The van der Waals surface area contributed by atoms with Crippen molar-refractivity contribution in [3.8, 4) is 6.07 Å². The zero-order chi connectivity index (χ0) is 15.0. The summed E-state index contributed by atoms with van der Waals surface area (Å²) in [5.41, 5.74) is 0.626. The van der Waals surface area contributed by atoms with Gasteiger partial charge in [0.2, 0.25) is 5.95 Å². The molecule has 0 fully saturated rings. The molecular weight excluding hydrogens is 256 g/mol. The van der Waals surface area contributed by atoms with Crippen molar-refractivity contribution in [2.75, 3.05) is 18.0 Å². The Kier molecular flexibility index (Phi) is 6.17. The molecule has 20 heavy (non-hydrogen) atoms. The Bertz CT molecular complexity index is 503. The van der Waals surface area contributed by atoms with Crippen LogP contribution < -0.4 is 4.90 Å². The van der Waals surface area contributed by atoms with Gasteiger partial charge in [0, 0.05) is 37.1 Å². The van der Waals surface area contributed by atoms with E-state index in [9.17, 15) is 4.79 Å². The number of aromatic nitrogens is 2. The van der Waals surface area contributed by atoms with Gasteiger partial charge < -0.3 is 10.0 Å². The topological polar surface area (TPSA) is 90.1 Å². The van der Waals surface area contributed by atoms with Crippen LogP contribution in [0, 0.1) is 17.2 Å². The molecule has 0 aromatic carbocycles. The van der Waals surface area contributed by atoms with E-state index in [1.165, 1.54) is 6.08 Å². The fraction of sp³-hybridized carbons (Fsp3) is 0.429. The molecule has 1 heterocycles. The summed E-state index contributed by atoms with van der Waals surface area (Å²) in [4.78, 5) is 20.8. The second-order valence-electron chi connectivity index (χ2n) is 4.74. The van der Waals surface area contributed by atoms with Crippen LogP contribution in [0.15, 0.2) is 18.5 Å². The Morgan fingerprint density at radius 2 is 2.15 bits per heavy atom. The maximum Gasteiger partial charge on any atom is 0.328 e. The lowest BCUT2D eigenvalue weighted by atomic mass is 10.2. The molecule has 0 saturated heterocycles. The fourth-order valence-electron chi connectivity index (χ4n) is 1.65. The highest BCUT2D eigenvalue weighted by Crippen LogP contribution is 2.11. The zero-order valence-electron chi connectivity index (χ0n) is 11.7. The number of aliphatic carboxylic acids is 1. The van der Waals surface area contributed by atoms with E-state index in [0.29, 0.717) is 30.4 Å². The van der Waals surface area contributed by atoms with Crippen LogP contribution in [0.4, 0.5) is 5.95 Å². The molecule has 6 heteroatoms. The maximum atomic E-state index is 10.4. The van der Waals surface area contributed by atoms with Gasteiger partial charge in [-0.25, -0.2) is 14.8 Å². The standard InChI is InChI=1S/C14H18N4O2/c1-11(2)10-18(7-3-6-15)14-16-8-12(9-17-14)4-5-13(19)20/h4-5,8-9,11H,3,7,10H2,1-2H3,(H,19,20)/b5-4+. The van der Waals surface area contributed by atoms with Gasteiger partial charge in [0.05, 0.1) is 12.5 Å². The molecule has 0 aliphatic heterocycles. The van der Waals surface area contributed by atoms with Gasteiger partial charge in [-0.3, -0.25) is 0 Å². The van der Waals surface area contributed by atoms with Crippen LogP contribution in [-0.4, -0.2) is 34.1 Å². The molecule has 0 aliphatic rings. The van der Waals surface area contributed by atoms with Crippen molar-refractivity contribution in [3.05, 3.63) is 24.0 Å². The summed E-state index contributed by atoms with van der Waals surface area (Å²) in [7, 11) is 0. The lowest BCUT2D eigenvalue weighted by Crippen LogP contribution is -2.30. The smallest absolute Gasteiger partial charge is 0.328 e. The number of carboxylic acid groups (broad SMARTS) is 1. The molecular formula is C14H18N4O2. The van der Waals surface area contributed by atoms with Gasteiger partial charge in [-0.1, -0.05) is 13.8 Å². The molecule has 0 unspecified atom stereocenters. The van der Waals surface area contributed by atoms with E-state index >= 15 is 0 Å². The average molecular weight is 274 g/mol. The van der Waals surface area contributed by atoms with Crippen LogP contribution in [0.5, 0.6) is 0 Å². The molecule has 6 nitrogen and oxygen atoms in total. The number of nitrogens with zero attached hydrogens (tertiary/aromatic N) is 4. The molecule has 1 aromatic heterocycles. The van der Waals surface area contributed by atoms with Crippen molar-refractivity contribution in [1.29, 1.82) is 5.26 Å². The van der Waals surface area contributed by atoms with Gasteiger partial charge in [-0.05, 0) is 12.0 Å². The van der Waals surface area contributed by atoms with E-state index in [4.69, 9.17) is 10.4 Å². The van der Waals surface area contributed by atoms with Crippen LogP contribution >= 0.6 is 0 Å². The van der Waals surface area contributed by atoms with E-state index in [2.05, 4.69) is 29.9 Å². The van der Waals surface area contributed by atoms with Crippen molar-refractivity contribution >= 4 is 18.0 Å². The summed E-state index contributed by atoms with van der Waals surface area (Å²) in [5.74, 6) is -0.0187. The second-order valence-corrected chi connectivity index (χ2v) is 4.74. The van der Waals surface area contributed by atoms with Crippen LogP contribution in [0.2, 0.25) is 0 Å². The lowest BCUT2D eigenvalue weighted by Gasteiger charge is -2.23. The van der Waals surface area contributed by atoms with Crippen LogP contribution in [0.3, 0.4) is 0 Å². The van der Waals surface area contributed by atoms with Gasteiger partial charge in [-0.15, -0.1) is 0 Å². The first kappa shape index (κ1) is 15.6. The maximum absolute atomic E-state index is 10.4. The normalized spacial score (nSPS) is 10.7. The van der Waals surface area contributed by atoms with E-state index < -0.39 is 5.97 Å². The predicted octanol–water partition coefficient (Wildman–Crippen LogP) is 1.95. The highest BCUT2D eigenvalue weighted by Gasteiger charge is 2.10. The quantitative estimate of drug-likeness (QED) is 0.764. The van der Waals surface area contributed by atoms with Gasteiger partial charge in [0.1, 0.15) is 0 Å². The summed E-state index contributed by atoms with van der Waals surface area (Å²) >= 11 is 0. The summed E-state index contributed by atoms with van der Waals surface area (Å²) in [6.45, 7) is 5.53. The third-order valence-corrected chi connectivity index (χ3v) is 2.44. The number of rotatable bonds is 7. The average Bonchev–Trinajstić information content (AvgIpc) is 2.41. The van der Waals surface area contributed by atoms with Crippen molar-refractivity contribution in [3.63, 3.8) is 0 Å². The second kappa shape index (κ2) is 7.89. The minimum Gasteiger partial charge on any atom is -0.478 e. The summed E-state index contributed by atoms with van der Waals surface area (Å²) in [6.07, 6.45) is 6.04. The summed E-state index contributed by atoms with van der Waals surface area (Å²) < 4.78 is 0. The highest BCUT2D eigenvalue weighted by atomic mass is 16.4. The Labute approximate surface area is 118 Å². The van der Waals surface area contributed by atoms with E-state index in [1.807, 2.05) is 4.90 Å². The molecule has 106 valence electrons. The van der Waals surface area contributed by atoms with Gasteiger partial charge >= 0.3 is 5.97 Å². The van der Waals surface area contributed by atoms with Crippen molar-refractivity contribution < 1.29 is 9.90 Å². The van der Waals surface area contributed by atoms with E-state index in [0.717, 1.165) is 12.6 Å². The molecule has 1 N–H and O–H groups in total. The van der Waals surface area contributed by atoms with Crippen LogP contribution in [0.25, 0.3) is 6.08 Å². The first-order chi connectivity index (χ1) is 9.52. The minimum atomic E-state index is -1.01. The lowest BCUT2D eigenvalue weighted by molar-refractivity contribution is -0.131. The molecule has 1 aromatic rings. The van der Waals surface area contributed by atoms with Gasteiger partial charge in [0.25, 0.3) is 0 Å². The molecule has 0 bridgehead atoms. The third-order valence-electron chi connectivity index (χ3n) is 2.44. The Morgan fingerprint density at radius 3 is 2.65 bits per heavy atom. The van der Waals surface area contributed by atoms with Gasteiger partial charge in [-0.2, -0.15) is 5.26 Å². The minimum absolute atomic E-state index is 0.413. The van der Waals surface area contributed by atoms with Crippen LogP contribution in [0.1, 0.15) is 25.8 Å². The summed E-state index contributed by atoms with van der Waals surface area (Å²) in [6, 6.07) is 2.11. The number of carboxylic acids is 1. The van der Waals surface area contributed by atoms with Crippen molar-refractivity contribution in [1.82, 2.24) is 9.97 Å². The summed E-state index contributed by atoms with van der Waals surface area (Å²) in [5, 5.41) is 17.2. The molecule has 0 spiro atoms. The first-order valence-corrected chi connectivity index (χ1v) is 6.38. The number of nitriles is 1. The van der Waals surface area contributed by atoms with E-state index in [1.54, 1.807) is 12.4 Å². The number of hydrogen-bond acceptors (Lipinski definition) is 5. The first-order valence-electron chi connectivity index (χ1n) is 6.38. The Balaban J connectivity index is 2.81. The van der Waals surface area contributed by atoms with Crippen molar-refractivity contribution in [2.24, 2.45) is 5.92 Å². The molecule has 0 atom stereocenters. The number of anilines is 1. The monoisotopic (exact) mass is 274 g/mol. The zero-order valence-corrected chi connectivity index (χ0v) is 11.7. The molecule has 1 rings (SSSR count). The highest BCUT2D eigenvalue weighted by molar-refractivity contribution is 5.85. The fourth-order valence-corrected chi connectivity index (χ4v) is 1.65. The van der Waals surface area contributed by atoms with Crippen LogP contribution in [-0.2, 0) is 4.79 Å². The number of hydrogen-bond donors (Lipinski definition) is 1. The Morgan fingerprint density at radius 1 is 1.50 bits per heavy atom. The van der Waals surface area contributed by atoms with Gasteiger partial charge in [0.15, 0.2) is 0 Å². The number of carbonyl (C=O) groups is 1. The Hall–Kier alpha value is -2.42. The molecule has 0 amide bonds. The van der Waals surface area contributed by atoms with Crippen molar-refractivity contribution in [2.45, 2.75) is 20.3 Å². The predicted molar refractivity (Wildman–Crippen MR) is 76.0 cm³/mol. The van der Waals surface area contributed by atoms with E-state index in [-0.39, 0.29) is 0 Å². The third kappa shape index (κ3) is 5.48. The molecule has 0 radical (unpaired) electrons. The molecule has 0 saturated carbocycles.